The van der Waals surface area contributed by atoms with E-state index in [1.54, 1.807) is 13.1 Å². The van der Waals surface area contributed by atoms with Crippen LogP contribution >= 0.6 is 11.6 Å². The van der Waals surface area contributed by atoms with Crippen molar-refractivity contribution in [2.24, 2.45) is 7.05 Å². The average molecular weight is 253 g/mol. The fourth-order valence-corrected chi connectivity index (χ4v) is 1.32. The first kappa shape index (κ1) is 11.3. The predicted octanol–water partition coefficient (Wildman–Crippen LogP) is 0.698. The number of anilines is 2. The van der Waals surface area contributed by atoms with Crippen molar-refractivity contribution < 1.29 is 4.79 Å². The Bertz CT molecular complexity index is 566. The third-order valence-corrected chi connectivity index (χ3v) is 2.34. The zero-order valence-corrected chi connectivity index (χ0v) is 9.64. The first-order valence-electron chi connectivity index (χ1n) is 4.65. The predicted molar refractivity (Wildman–Crippen MR) is 62.6 cm³/mol. The van der Waals surface area contributed by atoms with Gasteiger partial charge in [-0.25, -0.2) is 9.97 Å². The first-order chi connectivity index (χ1) is 8.08. The number of carbonyl (C=O) groups excluding carboxylic acids is 1. The van der Waals surface area contributed by atoms with Gasteiger partial charge in [-0.15, -0.1) is 0 Å². The SMILES string of the molecule is Cn1nccc1C(=O)Nc1cnc(Cl)c(N)n1. The number of nitrogens with one attached hydrogen (secondary N) is 1. The van der Waals surface area contributed by atoms with Gasteiger partial charge >= 0.3 is 0 Å². The molecule has 0 radical (unpaired) electrons. The van der Waals surface area contributed by atoms with E-state index in [0.717, 1.165) is 0 Å². The summed E-state index contributed by atoms with van der Waals surface area (Å²) in [6.07, 6.45) is 2.85. The van der Waals surface area contributed by atoms with Crippen LogP contribution in [0.25, 0.3) is 0 Å². The molecule has 3 N–H and O–H groups in total. The summed E-state index contributed by atoms with van der Waals surface area (Å²) >= 11 is 5.62. The molecule has 0 saturated heterocycles. The molecule has 2 aromatic heterocycles. The molecule has 0 unspecified atom stereocenters. The molecule has 2 aromatic rings. The summed E-state index contributed by atoms with van der Waals surface area (Å²) in [6.45, 7) is 0. The molecule has 0 atom stereocenters. The molecule has 2 heterocycles. The summed E-state index contributed by atoms with van der Waals surface area (Å²) in [5, 5.41) is 6.53. The number of rotatable bonds is 2. The summed E-state index contributed by atoms with van der Waals surface area (Å²) in [4.78, 5) is 19.4. The highest BCUT2D eigenvalue weighted by molar-refractivity contribution is 6.31. The van der Waals surface area contributed by atoms with Crippen LogP contribution in [0.5, 0.6) is 0 Å². The molecule has 0 fully saturated rings. The Morgan fingerprint density at radius 1 is 1.59 bits per heavy atom. The number of nitrogens with zero attached hydrogens (tertiary/aromatic N) is 4. The van der Waals surface area contributed by atoms with Crippen molar-refractivity contribution in [3.8, 4) is 0 Å². The van der Waals surface area contributed by atoms with Gasteiger partial charge in [-0.05, 0) is 6.07 Å². The van der Waals surface area contributed by atoms with E-state index in [1.165, 1.54) is 17.1 Å². The van der Waals surface area contributed by atoms with Gasteiger partial charge in [-0.1, -0.05) is 11.6 Å². The fraction of sp³-hybridized carbons (Fsp3) is 0.111. The minimum absolute atomic E-state index is 0.0643. The zero-order chi connectivity index (χ0) is 12.4. The van der Waals surface area contributed by atoms with E-state index in [4.69, 9.17) is 17.3 Å². The maximum Gasteiger partial charge on any atom is 0.275 e. The fourth-order valence-electron chi connectivity index (χ4n) is 1.23. The van der Waals surface area contributed by atoms with Crippen molar-refractivity contribution in [3.63, 3.8) is 0 Å². The van der Waals surface area contributed by atoms with Crippen LogP contribution in [0, 0.1) is 0 Å². The molecule has 17 heavy (non-hydrogen) atoms. The third-order valence-electron chi connectivity index (χ3n) is 2.05. The Labute approximate surface area is 102 Å². The Hall–Kier alpha value is -2.15. The molecule has 7 nitrogen and oxygen atoms in total. The highest BCUT2D eigenvalue weighted by Gasteiger charge is 2.11. The highest BCUT2D eigenvalue weighted by atomic mass is 35.5. The van der Waals surface area contributed by atoms with Crippen LogP contribution in [0.2, 0.25) is 5.15 Å². The number of aromatic nitrogens is 4. The lowest BCUT2D eigenvalue weighted by Gasteiger charge is -2.05. The molecular formula is C9H9ClN6O. The maximum atomic E-state index is 11.8. The van der Waals surface area contributed by atoms with Crippen LogP contribution in [-0.4, -0.2) is 25.7 Å². The topological polar surface area (TPSA) is 98.7 Å². The summed E-state index contributed by atoms with van der Waals surface area (Å²) in [5.74, 6) is -0.0476. The van der Waals surface area contributed by atoms with Crippen LogP contribution in [0.4, 0.5) is 11.6 Å². The maximum absolute atomic E-state index is 11.8. The normalized spacial score (nSPS) is 10.2. The molecule has 0 spiro atoms. The van der Waals surface area contributed by atoms with E-state index < -0.39 is 0 Å². The second kappa shape index (κ2) is 4.38. The Balaban J connectivity index is 2.19. The van der Waals surface area contributed by atoms with Crippen molar-refractivity contribution >= 4 is 29.1 Å². The lowest BCUT2D eigenvalue weighted by molar-refractivity contribution is 0.101. The average Bonchev–Trinajstić information content (AvgIpc) is 2.70. The van der Waals surface area contributed by atoms with E-state index in [1.807, 2.05) is 0 Å². The summed E-state index contributed by atoms with van der Waals surface area (Å²) in [5.41, 5.74) is 5.87. The van der Waals surface area contributed by atoms with Gasteiger partial charge in [0, 0.05) is 13.2 Å². The molecule has 1 amide bonds. The lowest BCUT2D eigenvalue weighted by Crippen LogP contribution is -2.17. The van der Waals surface area contributed by atoms with Gasteiger partial charge in [0.2, 0.25) is 0 Å². The van der Waals surface area contributed by atoms with Crippen LogP contribution in [0.3, 0.4) is 0 Å². The standard InChI is InChI=1S/C9H9ClN6O/c1-16-5(2-3-13-16)9(17)15-6-4-12-7(10)8(11)14-6/h2-4H,1H3,(H3,11,14,15,17). The quantitative estimate of drug-likeness (QED) is 0.820. The number of aryl methyl sites for hydroxylation is 1. The van der Waals surface area contributed by atoms with Gasteiger partial charge in [0.05, 0.1) is 6.20 Å². The minimum atomic E-state index is -0.346. The number of nitrogens with two attached hydrogens (primary N) is 1. The number of carbonyl (C=O) groups is 1. The third kappa shape index (κ3) is 2.34. The molecule has 0 aliphatic heterocycles. The number of amides is 1. The van der Waals surface area contributed by atoms with E-state index in [0.29, 0.717) is 5.69 Å². The number of halogens is 1. The van der Waals surface area contributed by atoms with E-state index in [2.05, 4.69) is 20.4 Å². The van der Waals surface area contributed by atoms with Gasteiger partial charge in [0.15, 0.2) is 16.8 Å². The molecule has 88 valence electrons. The summed E-state index contributed by atoms with van der Waals surface area (Å²) < 4.78 is 1.45. The van der Waals surface area contributed by atoms with Gasteiger partial charge < -0.3 is 11.1 Å². The van der Waals surface area contributed by atoms with E-state index >= 15 is 0 Å². The highest BCUT2D eigenvalue weighted by Crippen LogP contribution is 2.14. The molecule has 0 saturated carbocycles. The van der Waals surface area contributed by atoms with Crippen molar-refractivity contribution in [1.29, 1.82) is 0 Å². The smallest absolute Gasteiger partial charge is 0.275 e. The molecule has 2 rings (SSSR count). The largest absolute Gasteiger partial charge is 0.381 e. The van der Waals surface area contributed by atoms with Crippen LogP contribution < -0.4 is 11.1 Å². The molecule has 0 bridgehead atoms. The zero-order valence-electron chi connectivity index (χ0n) is 8.88. The lowest BCUT2D eigenvalue weighted by atomic mass is 10.4. The minimum Gasteiger partial charge on any atom is -0.381 e. The van der Waals surface area contributed by atoms with E-state index in [9.17, 15) is 4.79 Å². The van der Waals surface area contributed by atoms with Crippen LogP contribution in [-0.2, 0) is 7.05 Å². The van der Waals surface area contributed by atoms with Crippen LogP contribution in [0.1, 0.15) is 10.5 Å². The van der Waals surface area contributed by atoms with Gasteiger partial charge in [-0.2, -0.15) is 5.10 Å². The second-order valence-corrected chi connectivity index (χ2v) is 3.58. The molecular weight excluding hydrogens is 244 g/mol. The summed E-state index contributed by atoms with van der Waals surface area (Å²) in [6, 6.07) is 1.59. The Morgan fingerprint density at radius 2 is 2.35 bits per heavy atom. The molecule has 0 aromatic carbocycles. The number of nitrogen functional groups attached to an aromatic ring is 1. The first-order valence-corrected chi connectivity index (χ1v) is 5.03. The molecule has 0 aliphatic rings. The monoisotopic (exact) mass is 252 g/mol. The Morgan fingerprint density at radius 3 is 2.94 bits per heavy atom. The number of hydrogen-bond acceptors (Lipinski definition) is 5. The van der Waals surface area contributed by atoms with Crippen molar-refractivity contribution in [2.75, 3.05) is 11.1 Å². The van der Waals surface area contributed by atoms with Crippen molar-refractivity contribution in [1.82, 2.24) is 19.7 Å². The van der Waals surface area contributed by atoms with Gasteiger partial charge in [-0.3, -0.25) is 9.48 Å². The van der Waals surface area contributed by atoms with Crippen molar-refractivity contribution in [3.05, 3.63) is 29.3 Å². The second-order valence-electron chi connectivity index (χ2n) is 3.23. The van der Waals surface area contributed by atoms with Gasteiger partial charge in [0.25, 0.3) is 5.91 Å². The van der Waals surface area contributed by atoms with Gasteiger partial charge in [0.1, 0.15) is 5.69 Å². The van der Waals surface area contributed by atoms with E-state index in [-0.39, 0.29) is 22.7 Å². The molecule has 8 heteroatoms. The van der Waals surface area contributed by atoms with Crippen molar-refractivity contribution in [2.45, 2.75) is 0 Å². The Kier molecular flexibility index (Phi) is 2.92. The number of hydrogen-bond donors (Lipinski definition) is 2. The molecule has 0 aliphatic carbocycles. The summed E-state index contributed by atoms with van der Waals surface area (Å²) in [7, 11) is 1.66. The van der Waals surface area contributed by atoms with Crippen LogP contribution in [0.15, 0.2) is 18.5 Å².